The molecule has 0 aliphatic rings. The van der Waals surface area contributed by atoms with E-state index < -0.39 is 0 Å². The molecular formula is C12H24N4O. The first-order valence-corrected chi connectivity index (χ1v) is 6.27. The summed E-state index contributed by atoms with van der Waals surface area (Å²) in [5.74, 6) is 0.899. The van der Waals surface area contributed by atoms with Crippen LogP contribution >= 0.6 is 0 Å². The molecule has 0 aromatic carbocycles. The van der Waals surface area contributed by atoms with Crippen LogP contribution in [0.2, 0.25) is 0 Å². The van der Waals surface area contributed by atoms with Crippen molar-refractivity contribution in [2.75, 3.05) is 30.8 Å². The summed E-state index contributed by atoms with van der Waals surface area (Å²) in [5, 5.41) is 7.54. The van der Waals surface area contributed by atoms with Crippen LogP contribution in [-0.4, -0.2) is 29.5 Å². The highest BCUT2D eigenvalue weighted by Crippen LogP contribution is 2.20. The van der Waals surface area contributed by atoms with E-state index in [0.717, 1.165) is 49.8 Å². The van der Waals surface area contributed by atoms with Crippen LogP contribution in [0.15, 0.2) is 0 Å². The van der Waals surface area contributed by atoms with Gasteiger partial charge in [0.1, 0.15) is 5.82 Å². The summed E-state index contributed by atoms with van der Waals surface area (Å²) in [4.78, 5) is 0. The first-order valence-electron chi connectivity index (χ1n) is 6.27. The van der Waals surface area contributed by atoms with Gasteiger partial charge >= 0.3 is 0 Å². The molecule has 0 atom stereocenters. The average Bonchev–Trinajstić information content (AvgIpc) is 2.54. The quantitative estimate of drug-likeness (QED) is 0.681. The first kappa shape index (κ1) is 13.8. The summed E-state index contributed by atoms with van der Waals surface area (Å²) in [6, 6.07) is 0. The van der Waals surface area contributed by atoms with Crippen LogP contribution in [-0.2, 0) is 11.8 Å². The maximum Gasteiger partial charge on any atom is 0.147 e. The van der Waals surface area contributed by atoms with Gasteiger partial charge in [0.15, 0.2) is 0 Å². The Hall–Kier alpha value is -1.23. The monoisotopic (exact) mass is 240 g/mol. The molecule has 0 saturated heterocycles. The van der Waals surface area contributed by atoms with Gasteiger partial charge in [0.05, 0.1) is 11.4 Å². The minimum Gasteiger partial charge on any atom is -0.394 e. The van der Waals surface area contributed by atoms with Crippen LogP contribution < -0.4 is 11.1 Å². The number of anilines is 2. The normalized spacial score (nSPS) is 10.8. The predicted octanol–water partition coefficient (Wildman–Crippen LogP) is 1.93. The fourth-order valence-corrected chi connectivity index (χ4v) is 1.61. The first-order chi connectivity index (χ1) is 8.16. The summed E-state index contributed by atoms with van der Waals surface area (Å²) in [6.07, 6.45) is 3.30. The summed E-state index contributed by atoms with van der Waals surface area (Å²) >= 11 is 0. The number of hydrogen-bond donors (Lipinski definition) is 2. The standard InChI is InChI=1S/C12H24N4O/c1-4-5-8-17-9-6-7-14-12-11(13)10(2)15-16(12)3/h14H,4-9,13H2,1-3H3. The Labute approximate surface area is 103 Å². The number of rotatable bonds is 8. The molecule has 98 valence electrons. The van der Waals surface area contributed by atoms with Gasteiger partial charge in [-0.05, 0) is 19.8 Å². The van der Waals surface area contributed by atoms with E-state index in [4.69, 9.17) is 10.5 Å². The molecule has 1 aromatic heterocycles. The highest BCUT2D eigenvalue weighted by atomic mass is 16.5. The summed E-state index contributed by atoms with van der Waals surface area (Å²) in [7, 11) is 1.89. The Morgan fingerprint density at radius 2 is 2.06 bits per heavy atom. The second-order valence-corrected chi connectivity index (χ2v) is 4.22. The van der Waals surface area contributed by atoms with Crippen molar-refractivity contribution >= 4 is 11.5 Å². The van der Waals surface area contributed by atoms with Crippen molar-refractivity contribution in [3.05, 3.63) is 5.69 Å². The number of ether oxygens (including phenoxy) is 1. The molecule has 3 N–H and O–H groups in total. The third-order valence-electron chi connectivity index (χ3n) is 2.67. The second kappa shape index (κ2) is 7.17. The van der Waals surface area contributed by atoms with Gasteiger partial charge in [0.2, 0.25) is 0 Å². The molecule has 1 rings (SSSR count). The molecule has 0 radical (unpaired) electrons. The van der Waals surface area contributed by atoms with Gasteiger partial charge < -0.3 is 15.8 Å². The fourth-order valence-electron chi connectivity index (χ4n) is 1.61. The lowest BCUT2D eigenvalue weighted by Gasteiger charge is -2.08. The molecule has 17 heavy (non-hydrogen) atoms. The van der Waals surface area contributed by atoms with Crippen LogP contribution in [0, 0.1) is 6.92 Å². The van der Waals surface area contributed by atoms with E-state index in [2.05, 4.69) is 17.3 Å². The van der Waals surface area contributed by atoms with Crippen molar-refractivity contribution in [3.63, 3.8) is 0 Å². The number of hydrogen-bond acceptors (Lipinski definition) is 4. The van der Waals surface area contributed by atoms with Crippen molar-refractivity contribution < 1.29 is 4.74 Å². The number of nitrogens with zero attached hydrogens (tertiary/aromatic N) is 2. The molecule has 0 bridgehead atoms. The van der Waals surface area contributed by atoms with Gasteiger partial charge in [-0.15, -0.1) is 0 Å². The SMILES string of the molecule is CCCCOCCCNc1c(N)c(C)nn1C. The molecule has 5 nitrogen and oxygen atoms in total. The average molecular weight is 240 g/mol. The lowest BCUT2D eigenvalue weighted by Crippen LogP contribution is -2.10. The van der Waals surface area contributed by atoms with Crippen molar-refractivity contribution in [2.24, 2.45) is 7.05 Å². The van der Waals surface area contributed by atoms with Crippen LogP contribution in [0.1, 0.15) is 31.9 Å². The molecule has 0 aliphatic carbocycles. The molecule has 0 spiro atoms. The van der Waals surface area contributed by atoms with Crippen LogP contribution in [0.5, 0.6) is 0 Å². The van der Waals surface area contributed by atoms with E-state index in [9.17, 15) is 0 Å². The number of aryl methyl sites for hydroxylation is 2. The molecule has 0 saturated carbocycles. The molecule has 1 aromatic rings. The Kier molecular flexibility index (Phi) is 5.83. The highest BCUT2D eigenvalue weighted by molar-refractivity contribution is 5.64. The topological polar surface area (TPSA) is 65.1 Å². The molecule has 1 heterocycles. The third kappa shape index (κ3) is 4.26. The summed E-state index contributed by atoms with van der Waals surface area (Å²) in [6.45, 7) is 6.59. The minimum absolute atomic E-state index is 0.736. The zero-order chi connectivity index (χ0) is 12.7. The number of nitrogens with two attached hydrogens (primary N) is 1. The lowest BCUT2D eigenvalue weighted by atomic mass is 10.3. The number of nitrogens with one attached hydrogen (secondary N) is 1. The van der Waals surface area contributed by atoms with Crippen molar-refractivity contribution in [1.29, 1.82) is 0 Å². The fraction of sp³-hybridized carbons (Fsp3) is 0.750. The van der Waals surface area contributed by atoms with E-state index in [1.165, 1.54) is 6.42 Å². The maximum absolute atomic E-state index is 5.91. The van der Waals surface area contributed by atoms with Crippen LogP contribution in [0.4, 0.5) is 11.5 Å². The van der Waals surface area contributed by atoms with Crippen molar-refractivity contribution in [3.8, 4) is 0 Å². The summed E-state index contributed by atoms with van der Waals surface area (Å²) in [5.41, 5.74) is 7.51. The van der Waals surface area contributed by atoms with Gasteiger partial charge in [-0.25, -0.2) is 0 Å². The number of nitrogen functional groups attached to an aromatic ring is 1. The molecule has 0 fully saturated rings. The molecule has 0 aliphatic heterocycles. The van der Waals surface area contributed by atoms with E-state index in [-0.39, 0.29) is 0 Å². The van der Waals surface area contributed by atoms with E-state index >= 15 is 0 Å². The smallest absolute Gasteiger partial charge is 0.147 e. The Morgan fingerprint density at radius 1 is 1.35 bits per heavy atom. The van der Waals surface area contributed by atoms with Gasteiger partial charge in [-0.3, -0.25) is 4.68 Å². The largest absolute Gasteiger partial charge is 0.394 e. The maximum atomic E-state index is 5.91. The Balaban J connectivity index is 2.18. The third-order valence-corrected chi connectivity index (χ3v) is 2.67. The van der Waals surface area contributed by atoms with E-state index in [1.54, 1.807) is 4.68 Å². The van der Waals surface area contributed by atoms with E-state index in [0.29, 0.717) is 0 Å². The number of unbranched alkanes of at least 4 members (excludes halogenated alkanes) is 1. The van der Waals surface area contributed by atoms with E-state index in [1.807, 2.05) is 14.0 Å². The molecule has 0 unspecified atom stereocenters. The van der Waals surface area contributed by atoms with Crippen LogP contribution in [0.25, 0.3) is 0 Å². The summed E-state index contributed by atoms with van der Waals surface area (Å²) < 4.78 is 7.26. The Morgan fingerprint density at radius 3 is 2.65 bits per heavy atom. The Bertz CT molecular complexity index is 335. The van der Waals surface area contributed by atoms with Gasteiger partial charge in [-0.2, -0.15) is 5.10 Å². The predicted molar refractivity (Wildman–Crippen MR) is 71.2 cm³/mol. The van der Waals surface area contributed by atoms with Gasteiger partial charge in [0, 0.05) is 26.8 Å². The zero-order valence-corrected chi connectivity index (χ0v) is 11.1. The molecular weight excluding hydrogens is 216 g/mol. The van der Waals surface area contributed by atoms with Gasteiger partial charge in [0.25, 0.3) is 0 Å². The van der Waals surface area contributed by atoms with Gasteiger partial charge in [-0.1, -0.05) is 13.3 Å². The minimum atomic E-state index is 0.736. The zero-order valence-electron chi connectivity index (χ0n) is 11.1. The second-order valence-electron chi connectivity index (χ2n) is 4.22. The lowest BCUT2D eigenvalue weighted by molar-refractivity contribution is 0.131. The van der Waals surface area contributed by atoms with Crippen molar-refractivity contribution in [1.82, 2.24) is 9.78 Å². The molecule has 0 amide bonds. The number of aromatic nitrogens is 2. The highest BCUT2D eigenvalue weighted by Gasteiger charge is 2.08. The molecule has 5 heteroatoms. The van der Waals surface area contributed by atoms with Crippen molar-refractivity contribution in [2.45, 2.75) is 33.1 Å². The van der Waals surface area contributed by atoms with Crippen LogP contribution in [0.3, 0.4) is 0 Å².